The van der Waals surface area contributed by atoms with Crippen molar-refractivity contribution in [1.29, 1.82) is 0 Å². The van der Waals surface area contributed by atoms with Crippen molar-refractivity contribution in [2.45, 2.75) is 26.9 Å². The van der Waals surface area contributed by atoms with Crippen LogP contribution in [0.2, 0.25) is 0 Å². The van der Waals surface area contributed by atoms with Crippen LogP contribution in [-0.2, 0) is 20.5 Å². The van der Waals surface area contributed by atoms with Gasteiger partial charge in [-0.3, -0.25) is 14.4 Å². The Morgan fingerprint density at radius 2 is 1.58 bits per heavy atom. The molecule has 0 aromatic heterocycles. The van der Waals surface area contributed by atoms with E-state index in [0.717, 1.165) is 24.3 Å². The zero-order valence-corrected chi connectivity index (χ0v) is 13.5. The van der Waals surface area contributed by atoms with Crippen molar-refractivity contribution in [2.75, 3.05) is 13.2 Å². The highest BCUT2D eigenvalue weighted by Gasteiger charge is 2.30. The number of nitrogens with one attached hydrogen (secondary N) is 1. The molecule has 0 heterocycles. The minimum absolute atomic E-state index is 0.0263. The van der Waals surface area contributed by atoms with E-state index in [0.29, 0.717) is 0 Å². The average Bonchev–Trinajstić information content (AvgIpc) is 2.48. The summed E-state index contributed by atoms with van der Waals surface area (Å²) in [5, 5.41) is 2.21. The summed E-state index contributed by atoms with van der Waals surface area (Å²) in [6.07, 6.45) is -4.49. The number of carbonyl (C=O) groups is 3. The summed E-state index contributed by atoms with van der Waals surface area (Å²) in [6, 6.07) is 3.56. The molecule has 0 fully saturated rings. The molecule has 8 heteroatoms. The maximum Gasteiger partial charge on any atom is 0.416 e. The van der Waals surface area contributed by atoms with E-state index in [-0.39, 0.29) is 11.3 Å². The Morgan fingerprint density at radius 3 is 2.04 bits per heavy atom. The molecule has 0 atom stereocenters. The van der Waals surface area contributed by atoms with Gasteiger partial charge in [0.15, 0.2) is 12.4 Å². The summed E-state index contributed by atoms with van der Waals surface area (Å²) in [6.45, 7) is 4.14. The molecule has 0 saturated carbocycles. The number of esters is 1. The molecular formula is C16H18F3NO4. The third kappa shape index (κ3) is 6.02. The molecule has 0 aliphatic rings. The molecule has 5 nitrogen and oxygen atoms in total. The molecule has 1 N–H and O–H groups in total. The second-order valence-electron chi connectivity index (χ2n) is 6.09. The first-order valence-electron chi connectivity index (χ1n) is 7.05. The third-order valence-electron chi connectivity index (χ3n) is 3.07. The van der Waals surface area contributed by atoms with Crippen molar-refractivity contribution in [3.63, 3.8) is 0 Å². The van der Waals surface area contributed by atoms with Crippen LogP contribution < -0.4 is 5.32 Å². The van der Waals surface area contributed by atoms with Gasteiger partial charge < -0.3 is 10.1 Å². The standard InChI is InChI=1S/C16H18F3NO4/c1-15(2,3)12(21)9-24-13(22)8-20-14(23)10-4-6-11(7-5-10)16(17,18)19/h4-7H,8-9H2,1-3H3,(H,20,23). The van der Waals surface area contributed by atoms with Gasteiger partial charge in [-0.15, -0.1) is 0 Å². The van der Waals surface area contributed by atoms with Gasteiger partial charge in [0.1, 0.15) is 6.54 Å². The van der Waals surface area contributed by atoms with E-state index in [9.17, 15) is 27.6 Å². The van der Waals surface area contributed by atoms with Crippen LogP contribution in [0.15, 0.2) is 24.3 Å². The predicted molar refractivity (Wildman–Crippen MR) is 79.2 cm³/mol. The Labute approximate surface area is 137 Å². The highest BCUT2D eigenvalue weighted by Crippen LogP contribution is 2.29. The smallest absolute Gasteiger partial charge is 0.416 e. The molecule has 132 valence electrons. The minimum atomic E-state index is -4.49. The summed E-state index contributed by atoms with van der Waals surface area (Å²) in [5.74, 6) is -1.80. The molecule has 24 heavy (non-hydrogen) atoms. The lowest BCUT2D eigenvalue weighted by Gasteiger charge is -2.16. The van der Waals surface area contributed by atoms with E-state index in [1.165, 1.54) is 0 Å². The van der Waals surface area contributed by atoms with Gasteiger partial charge in [-0.1, -0.05) is 20.8 Å². The van der Waals surface area contributed by atoms with Crippen molar-refractivity contribution in [3.05, 3.63) is 35.4 Å². The van der Waals surface area contributed by atoms with E-state index >= 15 is 0 Å². The molecule has 0 radical (unpaired) electrons. The quantitative estimate of drug-likeness (QED) is 0.833. The number of hydrogen-bond donors (Lipinski definition) is 1. The minimum Gasteiger partial charge on any atom is -0.456 e. The lowest BCUT2D eigenvalue weighted by Crippen LogP contribution is -2.33. The summed E-state index contributed by atoms with van der Waals surface area (Å²) in [4.78, 5) is 34.8. The molecule has 0 saturated heterocycles. The maximum atomic E-state index is 12.4. The fourth-order valence-corrected chi connectivity index (χ4v) is 1.48. The van der Waals surface area contributed by atoms with Crippen molar-refractivity contribution in [2.24, 2.45) is 5.41 Å². The highest BCUT2D eigenvalue weighted by atomic mass is 19.4. The Hall–Kier alpha value is -2.38. The predicted octanol–water partition coefficient (Wildman–Crippen LogP) is 2.59. The van der Waals surface area contributed by atoms with Crippen molar-refractivity contribution >= 4 is 17.7 Å². The number of carbonyl (C=O) groups excluding carboxylic acids is 3. The van der Waals surface area contributed by atoms with Crippen LogP contribution >= 0.6 is 0 Å². The molecule has 0 spiro atoms. The van der Waals surface area contributed by atoms with E-state index in [1.807, 2.05) is 0 Å². The van der Waals surface area contributed by atoms with E-state index in [2.05, 4.69) is 5.32 Å². The number of alkyl halides is 3. The van der Waals surface area contributed by atoms with Gasteiger partial charge in [0.05, 0.1) is 5.56 Å². The number of rotatable bonds is 5. The monoisotopic (exact) mass is 345 g/mol. The van der Waals surface area contributed by atoms with Gasteiger partial charge in [-0.05, 0) is 24.3 Å². The lowest BCUT2D eigenvalue weighted by molar-refractivity contribution is -0.149. The summed E-state index contributed by atoms with van der Waals surface area (Å²) in [7, 11) is 0. The first-order chi connectivity index (χ1) is 10.9. The van der Waals surface area contributed by atoms with Crippen LogP contribution in [0.5, 0.6) is 0 Å². The molecule has 0 aliphatic carbocycles. The second kappa shape index (κ2) is 7.46. The van der Waals surface area contributed by atoms with E-state index in [1.54, 1.807) is 20.8 Å². The van der Waals surface area contributed by atoms with Gasteiger partial charge in [-0.25, -0.2) is 0 Å². The first-order valence-corrected chi connectivity index (χ1v) is 7.05. The second-order valence-corrected chi connectivity index (χ2v) is 6.09. The molecular weight excluding hydrogens is 327 g/mol. The van der Waals surface area contributed by atoms with Gasteiger partial charge in [0.2, 0.25) is 0 Å². The first kappa shape index (κ1) is 19.7. The van der Waals surface area contributed by atoms with Crippen LogP contribution in [0.4, 0.5) is 13.2 Å². The van der Waals surface area contributed by atoms with Crippen LogP contribution in [0.3, 0.4) is 0 Å². The number of halogens is 3. The van der Waals surface area contributed by atoms with Crippen molar-refractivity contribution < 1.29 is 32.3 Å². The summed E-state index contributed by atoms with van der Waals surface area (Å²) in [5.41, 5.74) is -1.55. The Bertz CT molecular complexity index is 616. The number of amides is 1. The third-order valence-corrected chi connectivity index (χ3v) is 3.07. The fraction of sp³-hybridized carbons (Fsp3) is 0.438. The van der Waals surface area contributed by atoms with Crippen LogP contribution in [0.25, 0.3) is 0 Å². The molecule has 1 amide bonds. The molecule has 1 aromatic rings. The van der Waals surface area contributed by atoms with E-state index < -0.39 is 42.2 Å². The largest absolute Gasteiger partial charge is 0.456 e. The maximum absolute atomic E-state index is 12.4. The Kier molecular flexibility index (Phi) is 6.11. The van der Waals surface area contributed by atoms with Crippen molar-refractivity contribution in [1.82, 2.24) is 5.32 Å². The Balaban J connectivity index is 2.48. The molecule has 0 aliphatic heterocycles. The van der Waals surface area contributed by atoms with Crippen LogP contribution in [-0.4, -0.2) is 30.8 Å². The topological polar surface area (TPSA) is 72.5 Å². The number of hydrogen-bond acceptors (Lipinski definition) is 4. The van der Waals surface area contributed by atoms with Crippen LogP contribution in [0, 0.1) is 5.41 Å². The van der Waals surface area contributed by atoms with Gasteiger partial charge in [-0.2, -0.15) is 13.2 Å². The SMILES string of the molecule is CC(C)(C)C(=O)COC(=O)CNC(=O)c1ccc(C(F)(F)F)cc1. The molecule has 1 aromatic carbocycles. The van der Waals surface area contributed by atoms with Crippen molar-refractivity contribution in [3.8, 4) is 0 Å². The summed E-state index contributed by atoms with van der Waals surface area (Å²) < 4.78 is 42.0. The molecule has 1 rings (SSSR count). The van der Waals surface area contributed by atoms with Crippen LogP contribution in [0.1, 0.15) is 36.7 Å². The zero-order valence-electron chi connectivity index (χ0n) is 13.5. The highest BCUT2D eigenvalue weighted by molar-refractivity contribution is 5.96. The number of benzene rings is 1. The number of ketones is 1. The number of Topliss-reactive ketones (excluding diaryl/α,β-unsaturated/α-hetero) is 1. The lowest BCUT2D eigenvalue weighted by atomic mass is 9.91. The normalized spacial score (nSPS) is 11.8. The van der Waals surface area contributed by atoms with Gasteiger partial charge in [0, 0.05) is 11.0 Å². The fourth-order valence-electron chi connectivity index (χ4n) is 1.48. The molecule has 0 bridgehead atoms. The number of ether oxygens (including phenoxy) is 1. The van der Waals surface area contributed by atoms with Gasteiger partial charge >= 0.3 is 12.1 Å². The zero-order chi connectivity index (χ0) is 18.5. The van der Waals surface area contributed by atoms with Gasteiger partial charge in [0.25, 0.3) is 5.91 Å². The van der Waals surface area contributed by atoms with E-state index in [4.69, 9.17) is 4.74 Å². The molecule has 0 unspecified atom stereocenters. The average molecular weight is 345 g/mol. The summed E-state index contributed by atoms with van der Waals surface area (Å²) >= 11 is 0. The Morgan fingerprint density at radius 1 is 1.04 bits per heavy atom.